The van der Waals surface area contributed by atoms with Crippen LogP contribution in [0.4, 0.5) is 0 Å². The highest BCUT2D eigenvalue weighted by Crippen LogP contribution is 2.21. The second kappa shape index (κ2) is 6.75. The number of carbonyl (C=O) groups is 1. The largest absolute Gasteiger partial charge is 0.393 e. The van der Waals surface area contributed by atoms with Gasteiger partial charge < -0.3 is 10.6 Å². The molecular weight excluding hydrogens is 264 g/mol. The van der Waals surface area contributed by atoms with Gasteiger partial charge in [-0.1, -0.05) is 31.3 Å². The summed E-state index contributed by atoms with van der Waals surface area (Å²) in [6.45, 7) is 2.46. The van der Waals surface area contributed by atoms with Crippen molar-refractivity contribution in [3.63, 3.8) is 0 Å². The lowest BCUT2D eigenvalue weighted by atomic mass is 10.1. The molecule has 0 bridgehead atoms. The normalized spacial score (nSPS) is 11.9. The number of thiocarbonyl (C=S) groups is 1. The topological polar surface area (TPSA) is 46.3 Å². The van der Waals surface area contributed by atoms with Gasteiger partial charge in [0.1, 0.15) is 0 Å². The van der Waals surface area contributed by atoms with Gasteiger partial charge in [-0.15, -0.1) is 11.8 Å². The summed E-state index contributed by atoms with van der Waals surface area (Å²) in [5.74, 6) is 0.0263. The van der Waals surface area contributed by atoms with E-state index in [0.717, 1.165) is 10.5 Å². The molecule has 1 amide bonds. The van der Waals surface area contributed by atoms with E-state index in [2.05, 4.69) is 0 Å². The molecular formula is C13H18N2OS2. The Balaban J connectivity index is 2.83. The number of benzene rings is 1. The number of carbonyl (C=O) groups excluding carboxylic acids is 1. The molecule has 98 valence electrons. The highest BCUT2D eigenvalue weighted by Gasteiger charge is 2.17. The molecule has 0 fully saturated rings. The Morgan fingerprint density at radius 3 is 2.67 bits per heavy atom. The summed E-state index contributed by atoms with van der Waals surface area (Å²) in [6.07, 6.45) is 1.96. The Hall–Kier alpha value is -1.07. The molecule has 0 heterocycles. The fourth-order valence-electron chi connectivity index (χ4n) is 1.61. The molecule has 0 aliphatic rings. The van der Waals surface area contributed by atoms with Crippen LogP contribution in [0.3, 0.4) is 0 Å². The van der Waals surface area contributed by atoms with Crippen molar-refractivity contribution in [3.8, 4) is 0 Å². The van der Waals surface area contributed by atoms with Crippen molar-refractivity contribution >= 4 is 34.9 Å². The molecule has 0 radical (unpaired) electrons. The molecule has 0 aliphatic carbocycles. The van der Waals surface area contributed by atoms with Crippen LogP contribution in [0.25, 0.3) is 0 Å². The summed E-state index contributed by atoms with van der Waals surface area (Å²) >= 11 is 6.49. The molecule has 0 spiro atoms. The maximum atomic E-state index is 12.3. The van der Waals surface area contributed by atoms with Crippen molar-refractivity contribution in [2.75, 3.05) is 19.8 Å². The lowest BCUT2D eigenvalue weighted by Gasteiger charge is -2.21. The van der Waals surface area contributed by atoms with Crippen molar-refractivity contribution < 1.29 is 4.79 Å². The molecule has 2 N–H and O–H groups in total. The Morgan fingerprint density at radius 1 is 1.50 bits per heavy atom. The smallest absolute Gasteiger partial charge is 0.254 e. The fourth-order valence-corrected chi connectivity index (χ4v) is 2.28. The maximum Gasteiger partial charge on any atom is 0.254 e. The minimum atomic E-state index is 0.00282. The Morgan fingerprint density at radius 2 is 2.11 bits per heavy atom. The van der Waals surface area contributed by atoms with Gasteiger partial charge in [0.2, 0.25) is 0 Å². The zero-order valence-electron chi connectivity index (χ0n) is 10.8. The second-order valence-corrected chi connectivity index (χ2v) is 5.51. The molecule has 3 nitrogen and oxygen atoms in total. The van der Waals surface area contributed by atoms with Gasteiger partial charge in [-0.25, -0.2) is 0 Å². The van der Waals surface area contributed by atoms with Gasteiger partial charge >= 0.3 is 0 Å². The van der Waals surface area contributed by atoms with E-state index in [1.165, 1.54) is 0 Å². The third kappa shape index (κ3) is 3.71. The second-order valence-electron chi connectivity index (χ2n) is 4.19. The highest BCUT2D eigenvalue weighted by molar-refractivity contribution is 7.98. The average Bonchev–Trinajstić information content (AvgIpc) is 2.37. The zero-order chi connectivity index (χ0) is 13.7. The van der Waals surface area contributed by atoms with E-state index in [4.69, 9.17) is 18.0 Å². The molecule has 0 aromatic heterocycles. The maximum absolute atomic E-state index is 12.3. The van der Waals surface area contributed by atoms with Gasteiger partial charge in [-0.3, -0.25) is 4.79 Å². The van der Waals surface area contributed by atoms with Crippen LogP contribution in [0.2, 0.25) is 0 Å². The van der Waals surface area contributed by atoms with Crippen LogP contribution in [-0.4, -0.2) is 35.6 Å². The lowest BCUT2D eigenvalue weighted by molar-refractivity contribution is 0.0783. The van der Waals surface area contributed by atoms with Gasteiger partial charge in [-0.2, -0.15) is 0 Å². The average molecular weight is 282 g/mol. The van der Waals surface area contributed by atoms with Crippen molar-refractivity contribution in [1.29, 1.82) is 0 Å². The molecule has 0 aliphatic heterocycles. The van der Waals surface area contributed by atoms with Gasteiger partial charge in [-0.05, 0) is 18.4 Å². The van der Waals surface area contributed by atoms with Crippen molar-refractivity contribution in [2.24, 2.45) is 11.7 Å². The Labute approximate surface area is 118 Å². The minimum absolute atomic E-state index is 0.00282. The van der Waals surface area contributed by atoms with Crippen LogP contribution in [0.5, 0.6) is 0 Å². The first-order valence-electron chi connectivity index (χ1n) is 5.65. The van der Waals surface area contributed by atoms with Crippen LogP contribution in [0, 0.1) is 5.92 Å². The summed E-state index contributed by atoms with van der Waals surface area (Å²) in [7, 11) is 1.77. The number of hydrogen-bond donors (Lipinski definition) is 1. The van der Waals surface area contributed by atoms with E-state index in [1.807, 2.05) is 37.4 Å². The number of rotatable bonds is 5. The first-order valence-corrected chi connectivity index (χ1v) is 7.28. The van der Waals surface area contributed by atoms with E-state index < -0.39 is 0 Å². The standard InChI is InChI=1S/C13H18N2OS2/c1-9(12(14)17)8-15(2)13(16)10-6-4-5-7-11(10)18-3/h4-7,9H,8H2,1-3H3,(H2,14,17). The molecule has 1 atom stereocenters. The minimum Gasteiger partial charge on any atom is -0.393 e. The third-order valence-electron chi connectivity index (χ3n) is 2.72. The summed E-state index contributed by atoms with van der Waals surface area (Å²) in [5.41, 5.74) is 6.29. The number of nitrogens with zero attached hydrogens (tertiary/aromatic N) is 1. The predicted molar refractivity (Wildman–Crippen MR) is 81.1 cm³/mol. The van der Waals surface area contributed by atoms with Crippen molar-refractivity contribution in [3.05, 3.63) is 29.8 Å². The zero-order valence-corrected chi connectivity index (χ0v) is 12.5. The van der Waals surface area contributed by atoms with Crippen molar-refractivity contribution in [1.82, 2.24) is 4.90 Å². The van der Waals surface area contributed by atoms with Crippen LogP contribution >= 0.6 is 24.0 Å². The molecule has 18 heavy (non-hydrogen) atoms. The quantitative estimate of drug-likeness (QED) is 0.665. The SMILES string of the molecule is CSc1ccccc1C(=O)N(C)CC(C)C(N)=S. The number of nitrogens with two attached hydrogens (primary N) is 1. The molecule has 1 rings (SSSR count). The first-order chi connectivity index (χ1) is 8.47. The monoisotopic (exact) mass is 282 g/mol. The molecule has 0 saturated carbocycles. The van der Waals surface area contributed by atoms with Crippen molar-refractivity contribution in [2.45, 2.75) is 11.8 Å². The van der Waals surface area contributed by atoms with E-state index in [0.29, 0.717) is 11.5 Å². The molecule has 5 heteroatoms. The van der Waals surface area contributed by atoms with Gasteiger partial charge in [0.25, 0.3) is 5.91 Å². The van der Waals surface area contributed by atoms with E-state index in [-0.39, 0.29) is 11.8 Å². The highest BCUT2D eigenvalue weighted by atomic mass is 32.2. The molecule has 1 aromatic carbocycles. The van der Waals surface area contributed by atoms with E-state index in [1.54, 1.807) is 23.7 Å². The van der Waals surface area contributed by atoms with Gasteiger partial charge in [0, 0.05) is 24.4 Å². The van der Waals surface area contributed by atoms with Gasteiger partial charge in [0.05, 0.1) is 10.6 Å². The Bertz CT molecular complexity index is 448. The van der Waals surface area contributed by atoms with Crippen LogP contribution in [0.15, 0.2) is 29.2 Å². The molecule has 0 saturated heterocycles. The van der Waals surface area contributed by atoms with Crippen LogP contribution < -0.4 is 5.73 Å². The lowest BCUT2D eigenvalue weighted by Crippen LogP contribution is -2.35. The van der Waals surface area contributed by atoms with Crippen LogP contribution in [-0.2, 0) is 0 Å². The summed E-state index contributed by atoms with van der Waals surface area (Å²) < 4.78 is 0. The van der Waals surface area contributed by atoms with Crippen LogP contribution in [0.1, 0.15) is 17.3 Å². The van der Waals surface area contributed by atoms with E-state index in [9.17, 15) is 4.79 Å². The third-order valence-corrected chi connectivity index (χ3v) is 3.92. The molecule has 1 unspecified atom stereocenters. The predicted octanol–water partition coefficient (Wildman–Crippen LogP) is 2.40. The summed E-state index contributed by atoms with van der Waals surface area (Å²) in [4.78, 5) is 15.4. The number of amides is 1. The summed E-state index contributed by atoms with van der Waals surface area (Å²) in [6, 6.07) is 7.59. The first kappa shape index (κ1) is 15.0. The Kier molecular flexibility index (Phi) is 5.62. The van der Waals surface area contributed by atoms with Gasteiger partial charge in [0.15, 0.2) is 0 Å². The number of hydrogen-bond acceptors (Lipinski definition) is 3. The fraction of sp³-hybridized carbons (Fsp3) is 0.385. The summed E-state index contributed by atoms with van der Waals surface area (Å²) in [5, 5.41) is 0. The number of thioether (sulfide) groups is 1. The molecule has 1 aromatic rings. The van der Waals surface area contributed by atoms with E-state index >= 15 is 0 Å².